The van der Waals surface area contributed by atoms with Crippen LogP contribution in [-0.4, -0.2) is 83.2 Å². The zero-order valence-corrected chi connectivity index (χ0v) is 13.6. The average molecular weight is 329 g/mol. The van der Waals surface area contributed by atoms with E-state index in [1.54, 1.807) is 6.20 Å². The Balaban J connectivity index is 2.60. The highest BCUT2D eigenvalue weighted by Crippen LogP contribution is 2.08. The number of hydrogen-bond donors (Lipinski definition) is 3. The fourth-order valence-electron chi connectivity index (χ4n) is 2.18. The van der Waals surface area contributed by atoms with Crippen LogP contribution in [0, 0.1) is 0 Å². The molecule has 0 aliphatic heterocycles. The lowest BCUT2D eigenvalue weighted by Gasteiger charge is -2.28. The summed E-state index contributed by atoms with van der Waals surface area (Å²) in [6, 6.07) is -0.682. The Bertz CT molecular complexity index is 401. The molecule has 23 heavy (non-hydrogen) atoms. The van der Waals surface area contributed by atoms with Gasteiger partial charge in [-0.3, -0.25) is 9.69 Å². The van der Waals surface area contributed by atoms with Crippen molar-refractivity contribution < 1.29 is 24.5 Å². The van der Waals surface area contributed by atoms with Crippen molar-refractivity contribution in [1.82, 2.24) is 14.9 Å². The predicted octanol–water partition coefficient (Wildman–Crippen LogP) is 0.143. The molecule has 0 saturated carbocycles. The van der Waals surface area contributed by atoms with Crippen LogP contribution in [0.25, 0.3) is 0 Å². The molecular formula is C15H27N3O5. The van der Waals surface area contributed by atoms with Crippen LogP contribution < -0.4 is 0 Å². The van der Waals surface area contributed by atoms with E-state index in [0.29, 0.717) is 39.3 Å². The van der Waals surface area contributed by atoms with Gasteiger partial charge in [-0.25, -0.2) is 4.98 Å². The molecule has 132 valence electrons. The van der Waals surface area contributed by atoms with Crippen molar-refractivity contribution in [2.75, 3.05) is 46.1 Å². The van der Waals surface area contributed by atoms with E-state index in [1.165, 1.54) is 6.33 Å². The number of rotatable bonds is 14. The molecule has 1 heterocycles. The lowest BCUT2D eigenvalue weighted by atomic mass is 10.1. The molecular weight excluding hydrogens is 302 g/mol. The molecule has 0 radical (unpaired) electrons. The molecule has 8 heteroatoms. The maximum absolute atomic E-state index is 11.6. The van der Waals surface area contributed by atoms with Crippen LogP contribution in [0.2, 0.25) is 0 Å². The van der Waals surface area contributed by atoms with Gasteiger partial charge in [-0.15, -0.1) is 0 Å². The van der Waals surface area contributed by atoms with E-state index in [9.17, 15) is 9.90 Å². The van der Waals surface area contributed by atoms with E-state index in [2.05, 4.69) is 9.97 Å². The van der Waals surface area contributed by atoms with E-state index in [0.717, 1.165) is 12.1 Å². The fourth-order valence-corrected chi connectivity index (χ4v) is 2.18. The second-order valence-corrected chi connectivity index (χ2v) is 5.12. The van der Waals surface area contributed by atoms with Gasteiger partial charge in [0.05, 0.1) is 32.8 Å². The van der Waals surface area contributed by atoms with Crippen molar-refractivity contribution in [2.45, 2.75) is 25.8 Å². The van der Waals surface area contributed by atoms with E-state index in [-0.39, 0.29) is 13.2 Å². The van der Waals surface area contributed by atoms with E-state index in [4.69, 9.17) is 14.6 Å². The molecule has 3 N–H and O–H groups in total. The topological polar surface area (TPSA) is 108 Å². The second kappa shape index (κ2) is 12.0. The molecule has 0 aliphatic carbocycles. The normalized spacial score (nSPS) is 12.7. The van der Waals surface area contributed by atoms with Gasteiger partial charge in [0.25, 0.3) is 0 Å². The lowest BCUT2D eigenvalue weighted by molar-refractivity contribution is -0.144. The summed E-state index contributed by atoms with van der Waals surface area (Å²) < 4.78 is 10.7. The van der Waals surface area contributed by atoms with Gasteiger partial charge >= 0.3 is 5.97 Å². The maximum atomic E-state index is 11.6. The van der Waals surface area contributed by atoms with Gasteiger partial charge in [-0.2, -0.15) is 0 Å². The number of aliphatic hydroxyl groups is 1. The zero-order chi connectivity index (χ0) is 16.9. The van der Waals surface area contributed by atoms with Crippen LogP contribution in [0.15, 0.2) is 12.5 Å². The molecule has 1 aromatic rings. The maximum Gasteiger partial charge on any atom is 0.321 e. The number of nitrogens with one attached hydrogen (secondary N) is 1. The van der Waals surface area contributed by atoms with Gasteiger partial charge in [0.1, 0.15) is 6.04 Å². The first-order valence-electron chi connectivity index (χ1n) is 7.89. The number of aromatic amines is 1. The van der Waals surface area contributed by atoms with Gasteiger partial charge in [0.2, 0.25) is 0 Å². The summed E-state index contributed by atoms with van der Waals surface area (Å²) in [5.74, 6) is -0.891. The molecule has 0 amide bonds. The molecule has 1 atom stereocenters. The number of carboxylic acid groups (broad SMARTS) is 1. The average Bonchev–Trinajstić information content (AvgIpc) is 3.04. The number of aliphatic hydroxyl groups excluding tert-OH is 1. The third-order valence-electron chi connectivity index (χ3n) is 3.32. The van der Waals surface area contributed by atoms with Crippen molar-refractivity contribution in [3.63, 3.8) is 0 Å². The third-order valence-corrected chi connectivity index (χ3v) is 3.32. The van der Waals surface area contributed by atoms with Gasteiger partial charge in [-0.1, -0.05) is 6.92 Å². The number of hydrogen-bond acceptors (Lipinski definition) is 6. The molecule has 0 saturated heterocycles. The van der Waals surface area contributed by atoms with Crippen LogP contribution >= 0.6 is 0 Å². The molecule has 0 aliphatic rings. The van der Waals surface area contributed by atoms with Gasteiger partial charge in [0, 0.05) is 38.0 Å². The van der Waals surface area contributed by atoms with Crippen LogP contribution in [0.3, 0.4) is 0 Å². The number of carboxylic acids is 1. The molecule has 0 fully saturated rings. The Hall–Kier alpha value is -1.48. The standard InChI is InChI=1S/C15H27N3O5/c1-2-6-22-7-3-18(4-8-23-9-5-19)14(15(20)21)10-13-11-16-12-17-13/h11-12,14,19H,2-10H2,1H3,(H,16,17)(H,20,21)/t14-/m0/s1. The Kier molecular flexibility index (Phi) is 10.2. The quantitative estimate of drug-likeness (QED) is 0.417. The summed E-state index contributed by atoms with van der Waals surface area (Å²) in [5.41, 5.74) is 0.771. The number of carbonyl (C=O) groups is 1. The number of ether oxygens (including phenoxy) is 2. The Morgan fingerprint density at radius 1 is 1.30 bits per heavy atom. The molecule has 0 unspecified atom stereocenters. The Morgan fingerprint density at radius 2 is 2.00 bits per heavy atom. The summed E-state index contributed by atoms with van der Waals surface area (Å²) in [6.07, 6.45) is 4.43. The van der Waals surface area contributed by atoms with Gasteiger partial charge in [0.15, 0.2) is 0 Å². The lowest BCUT2D eigenvalue weighted by Crippen LogP contribution is -2.46. The third kappa shape index (κ3) is 8.08. The molecule has 8 nitrogen and oxygen atoms in total. The highest BCUT2D eigenvalue weighted by atomic mass is 16.5. The summed E-state index contributed by atoms with van der Waals surface area (Å²) >= 11 is 0. The number of H-pyrrole nitrogens is 1. The van der Waals surface area contributed by atoms with Crippen LogP contribution in [0.1, 0.15) is 19.0 Å². The molecule has 1 rings (SSSR count). The van der Waals surface area contributed by atoms with E-state index < -0.39 is 12.0 Å². The Morgan fingerprint density at radius 3 is 2.52 bits per heavy atom. The van der Waals surface area contributed by atoms with E-state index >= 15 is 0 Å². The number of aliphatic carboxylic acids is 1. The summed E-state index contributed by atoms with van der Waals surface area (Å²) in [7, 11) is 0. The largest absolute Gasteiger partial charge is 0.480 e. The summed E-state index contributed by atoms with van der Waals surface area (Å²) in [6.45, 7) is 4.69. The smallest absolute Gasteiger partial charge is 0.321 e. The Labute approximate surface area is 136 Å². The van der Waals surface area contributed by atoms with E-state index in [1.807, 2.05) is 11.8 Å². The predicted molar refractivity (Wildman–Crippen MR) is 84.3 cm³/mol. The molecule has 0 spiro atoms. The van der Waals surface area contributed by atoms with Crippen molar-refractivity contribution in [3.05, 3.63) is 18.2 Å². The zero-order valence-electron chi connectivity index (χ0n) is 13.6. The highest BCUT2D eigenvalue weighted by Gasteiger charge is 2.26. The number of nitrogens with zero attached hydrogens (tertiary/aromatic N) is 2. The monoisotopic (exact) mass is 329 g/mol. The highest BCUT2D eigenvalue weighted by molar-refractivity contribution is 5.73. The van der Waals surface area contributed by atoms with Crippen LogP contribution in [0.5, 0.6) is 0 Å². The summed E-state index contributed by atoms with van der Waals surface area (Å²) in [5, 5.41) is 18.3. The van der Waals surface area contributed by atoms with Crippen LogP contribution in [0.4, 0.5) is 0 Å². The fraction of sp³-hybridized carbons (Fsp3) is 0.733. The van der Waals surface area contributed by atoms with Crippen molar-refractivity contribution in [1.29, 1.82) is 0 Å². The SMILES string of the molecule is CCCOCCN(CCOCCO)[C@@H](Cc1cnc[nH]1)C(=O)O. The minimum Gasteiger partial charge on any atom is -0.480 e. The first-order valence-corrected chi connectivity index (χ1v) is 7.89. The minimum absolute atomic E-state index is 0.0455. The van der Waals surface area contributed by atoms with Gasteiger partial charge < -0.3 is 24.7 Å². The van der Waals surface area contributed by atoms with Crippen LogP contribution in [-0.2, 0) is 20.7 Å². The molecule has 1 aromatic heterocycles. The first kappa shape index (κ1) is 19.6. The number of imidazole rings is 1. The molecule has 0 bridgehead atoms. The molecule has 0 aromatic carbocycles. The van der Waals surface area contributed by atoms with Gasteiger partial charge in [-0.05, 0) is 6.42 Å². The van der Waals surface area contributed by atoms with Crippen molar-refractivity contribution in [3.8, 4) is 0 Å². The summed E-state index contributed by atoms with van der Waals surface area (Å²) in [4.78, 5) is 20.3. The first-order chi connectivity index (χ1) is 11.2. The van der Waals surface area contributed by atoms with Crippen molar-refractivity contribution >= 4 is 5.97 Å². The second-order valence-electron chi connectivity index (χ2n) is 5.12. The number of aromatic nitrogens is 2. The minimum atomic E-state index is -0.891. The van der Waals surface area contributed by atoms with Crippen molar-refractivity contribution in [2.24, 2.45) is 0 Å².